The van der Waals surface area contributed by atoms with Crippen LogP contribution in [0.2, 0.25) is 0 Å². The number of sulfone groups is 1. The number of hydrogen-bond donors (Lipinski definition) is 1. The maximum atomic E-state index is 12.8. The summed E-state index contributed by atoms with van der Waals surface area (Å²) in [6.45, 7) is 6.78. The molecule has 0 spiro atoms. The number of ketones is 1. The summed E-state index contributed by atoms with van der Waals surface area (Å²) >= 11 is 0. The Bertz CT molecular complexity index is 1320. The fraction of sp³-hybridized carbons (Fsp3) is 0.269. The minimum absolute atomic E-state index is 0.117. The first-order valence-electron chi connectivity index (χ1n) is 10.9. The van der Waals surface area contributed by atoms with E-state index >= 15 is 0 Å². The van der Waals surface area contributed by atoms with Gasteiger partial charge in [-0.25, -0.2) is 13.2 Å². The van der Waals surface area contributed by atoms with Gasteiger partial charge in [0.15, 0.2) is 15.9 Å². The van der Waals surface area contributed by atoms with Gasteiger partial charge in [-0.3, -0.25) is 9.59 Å². The van der Waals surface area contributed by atoms with E-state index in [4.69, 9.17) is 9.15 Å². The summed E-state index contributed by atoms with van der Waals surface area (Å²) in [5.41, 5.74) is 0.385. The second kappa shape index (κ2) is 10.3. The molecule has 1 atom stereocenters. The molecule has 184 valence electrons. The van der Waals surface area contributed by atoms with Crippen LogP contribution >= 0.6 is 0 Å². The van der Waals surface area contributed by atoms with E-state index in [-0.39, 0.29) is 27.7 Å². The maximum absolute atomic E-state index is 12.8. The molecule has 0 saturated carbocycles. The van der Waals surface area contributed by atoms with Gasteiger partial charge < -0.3 is 14.5 Å². The zero-order valence-corrected chi connectivity index (χ0v) is 20.7. The summed E-state index contributed by atoms with van der Waals surface area (Å²) in [6.07, 6.45) is 0.0463. The zero-order chi connectivity index (χ0) is 25.8. The number of carbonyl (C=O) groups is 3. The van der Waals surface area contributed by atoms with Crippen LogP contribution in [0.25, 0.3) is 0 Å². The molecule has 1 unspecified atom stereocenters. The lowest BCUT2D eigenvalue weighted by atomic mass is 9.95. The van der Waals surface area contributed by atoms with Crippen LogP contribution < -0.4 is 5.32 Å². The highest BCUT2D eigenvalue weighted by Gasteiger charge is 2.27. The Morgan fingerprint density at radius 3 is 2.20 bits per heavy atom. The molecule has 0 aliphatic rings. The van der Waals surface area contributed by atoms with Crippen LogP contribution in [-0.4, -0.2) is 32.2 Å². The number of hydrogen-bond acceptors (Lipinski definition) is 7. The van der Waals surface area contributed by atoms with Crippen molar-refractivity contribution in [3.05, 3.63) is 83.8 Å². The minimum atomic E-state index is -3.71. The second-order valence-electron chi connectivity index (χ2n) is 9.04. The van der Waals surface area contributed by atoms with Gasteiger partial charge in [-0.1, -0.05) is 39.0 Å². The van der Waals surface area contributed by atoms with Crippen molar-refractivity contribution in [2.45, 2.75) is 44.4 Å². The Morgan fingerprint density at radius 2 is 1.60 bits per heavy atom. The summed E-state index contributed by atoms with van der Waals surface area (Å²) in [4.78, 5) is 37.6. The molecular formula is C26H27NO7S. The number of ether oxygens (including phenoxy) is 1. The molecule has 0 aliphatic heterocycles. The van der Waals surface area contributed by atoms with E-state index in [0.717, 1.165) is 0 Å². The minimum Gasteiger partial charge on any atom is -0.457 e. The summed E-state index contributed by atoms with van der Waals surface area (Å²) in [5, 5.41) is 2.77. The lowest BCUT2D eigenvalue weighted by Gasteiger charge is -2.18. The fourth-order valence-electron chi connectivity index (χ4n) is 3.08. The highest BCUT2D eigenvalue weighted by molar-refractivity contribution is 7.90. The van der Waals surface area contributed by atoms with Crippen LogP contribution in [0.1, 0.15) is 54.2 Å². The van der Waals surface area contributed by atoms with E-state index in [0.29, 0.717) is 5.69 Å². The van der Waals surface area contributed by atoms with Gasteiger partial charge in [0.2, 0.25) is 17.5 Å². The van der Waals surface area contributed by atoms with Gasteiger partial charge in [-0.15, -0.1) is 0 Å². The molecule has 1 N–H and O–H groups in total. The van der Waals surface area contributed by atoms with Gasteiger partial charge in [-0.05, 0) is 49.4 Å². The Morgan fingerprint density at radius 1 is 0.971 bits per heavy atom. The number of esters is 1. The van der Waals surface area contributed by atoms with Crippen LogP contribution in [0.5, 0.6) is 0 Å². The molecule has 3 rings (SSSR count). The number of benzene rings is 2. The molecule has 0 radical (unpaired) electrons. The van der Waals surface area contributed by atoms with Gasteiger partial charge >= 0.3 is 5.97 Å². The standard InChI is InChI=1S/C26H27NO7S/c1-17(22(28)18-10-12-20(13-11-18)27-25(30)26(2,3)4)34-24(29)23-19(14-15-33-23)16-35(31,32)21-8-6-5-7-9-21/h5-15,17H,16H2,1-4H3,(H,27,30). The van der Waals surface area contributed by atoms with Crippen molar-refractivity contribution in [3.63, 3.8) is 0 Å². The third-order valence-electron chi connectivity index (χ3n) is 5.14. The van der Waals surface area contributed by atoms with E-state index in [2.05, 4.69) is 5.32 Å². The first kappa shape index (κ1) is 25.9. The summed E-state index contributed by atoms with van der Waals surface area (Å²) < 4.78 is 35.8. The highest BCUT2D eigenvalue weighted by atomic mass is 32.2. The summed E-state index contributed by atoms with van der Waals surface area (Å²) in [5.74, 6) is -2.30. The molecule has 2 aromatic carbocycles. The monoisotopic (exact) mass is 497 g/mol. The molecule has 1 amide bonds. The molecule has 8 nitrogen and oxygen atoms in total. The molecule has 0 saturated heterocycles. The molecule has 1 aromatic heterocycles. The van der Waals surface area contributed by atoms with Crippen LogP contribution in [0.4, 0.5) is 5.69 Å². The SMILES string of the molecule is CC(OC(=O)c1occc1CS(=O)(=O)c1ccccc1)C(=O)c1ccc(NC(=O)C(C)(C)C)cc1. The van der Waals surface area contributed by atoms with E-state index in [1.807, 2.05) is 0 Å². The topological polar surface area (TPSA) is 120 Å². The predicted molar refractivity (Wildman–Crippen MR) is 130 cm³/mol. The lowest BCUT2D eigenvalue weighted by Crippen LogP contribution is -2.27. The van der Waals surface area contributed by atoms with Crippen molar-refractivity contribution < 1.29 is 32.0 Å². The van der Waals surface area contributed by atoms with Gasteiger partial charge in [0.1, 0.15) is 0 Å². The Kier molecular flexibility index (Phi) is 7.60. The van der Waals surface area contributed by atoms with Crippen molar-refractivity contribution in [3.8, 4) is 0 Å². The van der Waals surface area contributed by atoms with Crippen molar-refractivity contribution in [1.29, 1.82) is 0 Å². The molecule has 0 bridgehead atoms. The van der Waals surface area contributed by atoms with Crippen LogP contribution in [0, 0.1) is 5.41 Å². The van der Waals surface area contributed by atoms with Crippen molar-refractivity contribution in [2.75, 3.05) is 5.32 Å². The van der Waals surface area contributed by atoms with Gasteiger partial charge in [0, 0.05) is 22.2 Å². The zero-order valence-electron chi connectivity index (χ0n) is 19.9. The lowest BCUT2D eigenvalue weighted by molar-refractivity contribution is -0.123. The molecule has 0 fully saturated rings. The summed E-state index contributed by atoms with van der Waals surface area (Å²) in [7, 11) is -3.71. The van der Waals surface area contributed by atoms with Gasteiger partial charge in [0.05, 0.1) is 16.9 Å². The molecule has 1 heterocycles. The third kappa shape index (κ3) is 6.45. The van der Waals surface area contributed by atoms with Crippen molar-refractivity contribution >= 4 is 33.2 Å². The number of rotatable bonds is 8. The number of Topliss-reactive ketones (excluding diaryl/α,β-unsaturated/α-hetero) is 1. The second-order valence-corrected chi connectivity index (χ2v) is 11.0. The predicted octanol–water partition coefficient (Wildman–Crippen LogP) is 4.67. The number of furan rings is 1. The number of carbonyl (C=O) groups excluding carboxylic acids is 3. The number of amides is 1. The van der Waals surface area contributed by atoms with E-state index < -0.39 is 38.9 Å². The smallest absolute Gasteiger partial charge is 0.375 e. The van der Waals surface area contributed by atoms with Crippen LogP contribution in [0.15, 0.2) is 76.2 Å². The third-order valence-corrected chi connectivity index (χ3v) is 6.82. The highest BCUT2D eigenvalue weighted by Crippen LogP contribution is 2.22. The quantitative estimate of drug-likeness (QED) is 0.355. The van der Waals surface area contributed by atoms with Gasteiger partial charge in [-0.2, -0.15) is 0 Å². The average Bonchev–Trinajstić information content (AvgIpc) is 3.26. The molecule has 0 aliphatic carbocycles. The van der Waals surface area contributed by atoms with E-state index in [9.17, 15) is 22.8 Å². The van der Waals surface area contributed by atoms with E-state index in [1.54, 1.807) is 51.1 Å². The normalized spacial score (nSPS) is 12.6. The number of anilines is 1. The van der Waals surface area contributed by atoms with Gasteiger partial charge in [0.25, 0.3) is 0 Å². The van der Waals surface area contributed by atoms with Crippen molar-refractivity contribution in [1.82, 2.24) is 0 Å². The first-order valence-corrected chi connectivity index (χ1v) is 12.5. The van der Waals surface area contributed by atoms with Crippen LogP contribution in [-0.2, 0) is 25.1 Å². The van der Waals surface area contributed by atoms with Crippen LogP contribution in [0.3, 0.4) is 0 Å². The molecule has 9 heteroatoms. The Labute approximate surface area is 204 Å². The van der Waals surface area contributed by atoms with E-state index in [1.165, 1.54) is 43.5 Å². The fourth-order valence-corrected chi connectivity index (χ4v) is 4.46. The number of nitrogens with one attached hydrogen (secondary N) is 1. The first-order chi connectivity index (χ1) is 16.4. The largest absolute Gasteiger partial charge is 0.457 e. The Hall–Kier alpha value is -3.72. The molecule has 35 heavy (non-hydrogen) atoms. The average molecular weight is 498 g/mol. The molecular weight excluding hydrogens is 470 g/mol. The Balaban J connectivity index is 1.66. The van der Waals surface area contributed by atoms with Crippen molar-refractivity contribution in [2.24, 2.45) is 5.41 Å². The molecule has 3 aromatic rings. The maximum Gasteiger partial charge on any atom is 0.375 e. The summed E-state index contributed by atoms with van der Waals surface area (Å²) in [6, 6.07) is 15.5.